The number of nitrogens with zero attached hydrogens (tertiary/aromatic N) is 3. The number of hydrogen-bond acceptors (Lipinski definition) is 4. The number of carbonyl (C=O) groups excluding carboxylic acids is 1. The van der Waals surface area contributed by atoms with Gasteiger partial charge in [-0.1, -0.05) is 18.5 Å². The molecule has 1 aromatic heterocycles. The van der Waals surface area contributed by atoms with Gasteiger partial charge in [0.05, 0.1) is 5.02 Å². The van der Waals surface area contributed by atoms with Gasteiger partial charge in [-0.15, -0.1) is 0 Å². The molecule has 0 radical (unpaired) electrons. The lowest BCUT2D eigenvalue weighted by molar-refractivity contribution is 0.0526. The zero-order chi connectivity index (χ0) is 13.1. The number of hydrogen-bond donors (Lipinski definition) is 1. The van der Waals surface area contributed by atoms with E-state index in [1.807, 2.05) is 0 Å². The van der Waals surface area contributed by atoms with Crippen molar-refractivity contribution in [3.05, 3.63) is 23.2 Å². The molecule has 1 aliphatic rings. The molecule has 2 unspecified atom stereocenters. The van der Waals surface area contributed by atoms with E-state index < -0.39 is 0 Å². The van der Waals surface area contributed by atoms with E-state index in [1.165, 1.54) is 12.5 Å². The smallest absolute Gasteiger partial charge is 0.274 e. The first-order chi connectivity index (χ1) is 8.65. The maximum absolute atomic E-state index is 12.4. The van der Waals surface area contributed by atoms with Crippen molar-refractivity contribution in [3.63, 3.8) is 0 Å². The van der Waals surface area contributed by atoms with Crippen LogP contribution in [-0.4, -0.2) is 39.9 Å². The summed E-state index contributed by atoms with van der Waals surface area (Å²) in [5.41, 5.74) is 6.04. The fourth-order valence-corrected chi connectivity index (χ4v) is 2.65. The first-order valence-corrected chi connectivity index (χ1v) is 6.49. The first-order valence-electron chi connectivity index (χ1n) is 6.11. The van der Waals surface area contributed by atoms with Crippen LogP contribution in [0.1, 0.15) is 30.3 Å². The highest BCUT2D eigenvalue weighted by molar-refractivity contribution is 6.33. The lowest BCUT2D eigenvalue weighted by atomic mass is 9.90. The molecule has 2 atom stereocenters. The molecule has 98 valence electrons. The Morgan fingerprint density at radius 2 is 2.44 bits per heavy atom. The van der Waals surface area contributed by atoms with Crippen LogP contribution in [0.3, 0.4) is 0 Å². The van der Waals surface area contributed by atoms with Gasteiger partial charge in [-0.2, -0.15) is 0 Å². The van der Waals surface area contributed by atoms with E-state index in [0.717, 1.165) is 12.8 Å². The van der Waals surface area contributed by atoms with Crippen LogP contribution in [0.25, 0.3) is 0 Å². The van der Waals surface area contributed by atoms with Crippen LogP contribution in [0.5, 0.6) is 0 Å². The van der Waals surface area contributed by atoms with Crippen LogP contribution in [0.2, 0.25) is 5.02 Å². The molecule has 1 aromatic rings. The number of aromatic nitrogens is 2. The molecule has 6 heteroatoms. The molecule has 18 heavy (non-hydrogen) atoms. The summed E-state index contributed by atoms with van der Waals surface area (Å²) in [7, 11) is 0. The molecular formula is C12H17ClN4O. The SMILES string of the molecule is CC1CCCN(C(=O)c2ncncc2Cl)C1CN. The summed E-state index contributed by atoms with van der Waals surface area (Å²) in [4.78, 5) is 22.0. The van der Waals surface area contributed by atoms with Gasteiger partial charge in [0.15, 0.2) is 0 Å². The molecule has 0 saturated carbocycles. The van der Waals surface area contributed by atoms with Crippen LogP contribution in [0.15, 0.2) is 12.5 Å². The Labute approximate surface area is 111 Å². The predicted molar refractivity (Wildman–Crippen MR) is 69.3 cm³/mol. The second-order valence-corrected chi connectivity index (χ2v) is 5.05. The third kappa shape index (κ3) is 2.47. The Kier molecular flexibility index (Phi) is 4.14. The van der Waals surface area contributed by atoms with Gasteiger partial charge in [-0.3, -0.25) is 4.79 Å². The van der Waals surface area contributed by atoms with Crippen LogP contribution in [0.4, 0.5) is 0 Å². The zero-order valence-corrected chi connectivity index (χ0v) is 11.1. The second kappa shape index (κ2) is 5.63. The number of piperidine rings is 1. The maximum Gasteiger partial charge on any atom is 0.274 e. The Balaban J connectivity index is 2.25. The van der Waals surface area contributed by atoms with Crippen molar-refractivity contribution >= 4 is 17.5 Å². The van der Waals surface area contributed by atoms with Crippen molar-refractivity contribution in [1.29, 1.82) is 0 Å². The number of halogens is 1. The van der Waals surface area contributed by atoms with E-state index in [4.69, 9.17) is 17.3 Å². The minimum Gasteiger partial charge on any atom is -0.333 e. The molecule has 2 N–H and O–H groups in total. The summed E-state index contributed by atoms with van der Waals surface area (Å²) < 4.78 is 0. The molecule has 0 bridgehead atoms. The molecule has 1 amide bonds. The van der Waals surface area contributed by atoms with E-state index in [9.17, 15) is 4.79 Å². The molecule has 5 nitrogen and oxygen atoms in total. The topological polar surface area (TPSA) is 72.1 Å². The van der Waals surface area contributed by atoms with Crippen LogP contribution < -0.4 is 5.73 Å². The minimum absolute atomic E-state index is 0.0669. The summed E-state index contributed by atoms with van der Waals surface area (Å²) in [5.74, 6) is 0.262. The maximum atomic E-state index is 12.4. The lowest BCUT2D eigenvalue weighted by Crippen LogP contribution is -2.51. The zero-order valence-electron chi connectivity index (χ0n) is 10.3. The average molecular weight is 269 g/mol. The standard InChI is InChI=1S/C12H17ClN4O/c1-8-3-2-4-17(10(8)5-14)12(18)11-9(13)6-15-7-16-11/h6-8,10H,2-5,14H2,1H3. The number of rotatable bonds is 2. The van der Waals surface area contributed by atoms with Gasteiger partial charge >= 0.3 is 0 Å². The van der Waals surface area contributed by atoms with Crippen molar-refractivity contribution in [3.8, 4) is 0 Å². The molecule has 1 aliphatic heterocycles. The Hall–Kier alpha value is -1.20. The lowest BCUT2D eigenvalue weighted by Gasteiger charge is -2.39. The van der Waals surface area contributed by atoms with E-state index in [2.05, 4.69) is 16.9 Å². The normalized spacial score (nSPS) is 24.1. The van der Waals surface area contributed by atoms with E-state index in [0.29, 0.717) is 19.0 Å². The molecule has 1 fully saturated rings. The molecule has 2 rings (SSSR count). The predicted octanol–water partition coefficient (Wildman–Crippen LogP) is 1.33. The fraction of sp³-hybridized carbons (Fsp3) is 0.583. The summed E-state index contributed by atoms with van der Waals surface area (Å²) in [6.07, 6.45) is 4.87. The summed E-state index contributed by atoms with van der Waals surface area (Å²) >= 11 is 5.96. The van der Waals surface area contributed by atoms with Crippen LogP contribution in [-0.2, 0) is 0 Å². The van der Waals surface area contributed by atoms with Gasteiger partial charge in [-0.05, 0) is 18.8 Å². The van der Waals surface area contributed by atoms with Gasteiger partial charge in [0.2, 0.25) is 0 Å². The third-order valence-electron chi connectivity index (χ3n) is 3.49. The quantitative estimate of drug-likeness (QED) is 0.878. The number of amides is 1. The highest BCUT2D eigenvalue weighted by atomic mass is 35.5. The minimum atomic E-state index is -0.149. The van der Waals surface area contributed by atoms with Crippen molar-refractivity contribution in [2.75, 3.05) is 13.1 Å². The van der Waals surface area contributed by atoms with Gasteiger partial charge in [0.25, 0.3) is 5.91 Å². The third-order valence-corrected chi connectivity index (χ3v) is 3.76. The Morgan fingerprint density at radius 1 is 1.67 bits per heavy atom. The average Bonchev–Trinajstić information content (AvgIpc) is 2.38. The Morgan fingerprint density at radius 3 is 3.11 bits per heavy atom. The monoisotopic (exact) mass is 268 g/mol. The van der Waals surface area contributed by atoms with Gasteiger partial charge in [0.1, 0.15) is 12.0 Å². The number of carbonyl (C=O) groups is 1. The molecule has 0 spiro atoms. The highest BCUT2D eigenvalue weighted by Gasteiger charge is 2.32. The van der Waals surface area contributed by atoms with Gasteiger partial charge < -0.3 is 10.6 Å². The number of likely N-dealkylation sites (tertiary alicyclic amines) is 1. The van der Waals surface area contributed by atoms with Crippen molar-refractivity contribution in [2.24, 2.45) is 11.7 Å². The first kappa shape index (κ1) is 13.2. The van der Waals surface area contributed by atoms with Gasteiger partial charge in [0, 0.05) is 25.3 Å². The van der Waals surface area contributed by atoms with Gasteiger partial charge in [-0.25, -0.2) is 9.97 Å². The van der Waals surface area contributed by atoms with Crippen molar-refractivity contribution < 1.29 is 4.79 Å². The summed E-state index contributed by atoms with van der Waals surface area (Å²) in [6.45, 7) is 3.31. The second-order valence-electron chi connectivity index (χ2n) is 4.64. The fourth-order valence-electron chi connectivity index (χ4n) is 2.47. The van der Waals surface area contributed by atoms with E-state index in [-0.39, 0.29) is 22.7 Å². The highest BCUT2D eigenvalue weighted by Crippen LogP contribution is 2.25. The van der Waals surface area contributed by atoms with Crippen molar-refractivity contribution in [2.45, 2.75) is 25.8 Å². The van der Waals surface area contributed by atoms with E-state index in [1.54, 1.807) is 4.90 Å². The van der Waals surface area contributed by atoms with Crippen LogP contribution in [0, 0.1) is 5.92 Å². The molecular weight excluding hydrogens is 252 g/mol. The van der Waals surface area contributed by atoms with Crippen molar-refractivity contribution in [1.82, 2.24) is 14.9 Å². The van der Waals surface area contributed by atoms with E-state index >= 15 is 0 Å². The van der Waals surface area contributed by atoms with Crippen LogP contribution >= 0.6 is 11.6 Å². The number of nitrogens with two attached hydrogens (primary N) is 1. The molecule has 2 heterocycles. The molecule has 0 aliphatic carbocycles. The molecule has 0 aromatic carbocycles. The molecule has 1 saturated heterocycles. The largest absolute Gasteiger partial charge is 0.333 e. The Bertz CT molecular complexity index is 440. The summed E-state index contributed by atoms with van der Waals surface area (Å²) in [6, 6.07) is 0.0669. The summed E-state index contributed by atoms with van der Waals surface area (Å²) in [5, 5.41) is 0.288.